The quantitative estimate of drug-likeness (QED) is 0.419. The Bertz CT molecular complexity index is 1030. The van der Waals surface area contributed by atoms with Gasteiger partial charge in [0.2, 0.25) is 0 Å². The first-order valence-electron chi connectivity index (χ1n) is 10.1. The second kappa shape index (κ2) is 8.44. The average molecular weight is 367 g/mol. The normalized spacial score (nSPS) is 10.7. The molecule has 142 valence electrons. The van der Waals surface area contributed by atoms with Crippen molar-refractivity contribution in [1.82, 2.24) is 0 Å². The summed E-state index contributed by atoms with van der Waals surface area (Å²) in [4.78, 5) is 0. The van der Waals surface area contributed by atoms with Gasteiger partial charge in [0.05, 0.1) is 0 Å². The van der Waals surface area contributed by atoms with Crippen molar-refractivity contribution in [3.63, 3.8) is 0 Å². The zero-order valence-electron chi connectivity index (χ0n) is 17.6. The van der Waals surface area contributed by atoms with Crippen molar-refractivity contribution in [3.8, 4) is 0 Å². The highest BCUT2D eigenvalue weighted by Gasteiger charge is 2.15. The molecule has 0 spiro atoms. The van der Waals surface area contributed by atoms with Gasteiger partial charge in [0.25, 0.3) is 0 Å². The van der Waals surface area contributed by atoms with Crippen molar-refractivity contribution in [3.05, 3.63) is 118 Å². The van der Waals surface area contributed by atoms with Gasteiger partial charge in [-0.3, -0.25) is 0 Å². The molecular weight excluding hydrogens is 336 g/mol. The van der Waals surface area contributed by atoms with Gasteiger partial charge in [-0.2, -0.15) is 0 Å². The lowest BCUT2D eigenvalue weighted by Gasteiger charge is -2.19. The summed E-state index contributed by atoms with van der Waals surface area (Å²) in [5, 5.41) is 0. The van der Waals surface area contributed by atoms with Gasteiger partial charge in [0.15, 0.2) is 0 Å². The Balaban J connectivity index is 2.11. The highest BCUT2D eigenvalue weighted by Crippen LogP contribution is 2.34. The van der Waals surface area contributed by atoms with Crippen LogP contribution < -0.4 is 0 Å². The van der Waals surface area contributed by atoms with E-state index in [9.17, 15) is 0 Å². The van der Waals surface area contributed by atoms with Gasteiger partial charge in [0, 0.05) is 0 Å². The van der Waals surface area contributed by atoms with E-state index in [-0.39, 0.29) is 0 Å². The van der Waals surface area contributed by atoms with E-state index in [1.807, 2.05) is 0 Å². The monoisotopic (exact) mass is 366 g/mol. The van der Waals surface area contributed by atoms with E-state index in [1.54, 1.807) is 0 Å². The van der Waals surface area contributed by atoms with E-state index in [2.05, 4.69) is 102 Å². The third kappa shape index (κ3) is 3.87. The molecule has 0 nitrogen and oxygen atoms in total. The molecular formula is C28H30. The van der Waals surface area contributed by atoms with E-state index < -0.39 is 0 Å². The summed E-state index contributed by atoms with van der Waals surface area (Å²) in [5.41, 5.74) is 12.3. The zero-order valence-corrected chi connectivity index (χ0v) is 17.6. The largest absolute Gasteiger partial charge is 0.0905 e. The maximum Gasteiger partial charge on any atom is -0.0149 e. The fourth-order valence-electron chi connectivity index (χ4n) is 3.95. The number of hydrogen-bond acceptors (Lipinski definition) is 0. The molecule has 0 radical (unpaired) electrons. The Hall–Kier alpha value is -2.86. The van der Waals surface area contributed by atoms with Gasteiger partial charge < -0.3 is 0 Å². The molecule has 0 amide bonds. The molecule has 3 aromatic rings. The standard InChI is InChI=1S/C28H30/c1-7-12-24-18-27(22(5)25-15-10-8-13-19(25)2)21(4)17-28(24)23(6)26-16-11-9-14-20(26)3/h8-11,13-18H,5-7,12H2,1-4H3. The van der Waals surface area contributed by atoms with Crippen LogP contribution in [0.25, 0.3) is 11.1 Å². The van der Waals surface area contributed by atoms with Crippen LogP contribution >= 0.6 is 0 Å². The van der Waals surface area contributed by atoms with Gasteiger partial charge in [-0.05, 0) is 82.8 Å². The van der Waals surface area contributed by atoms with Gasteiger partial charge in [-0.15, -0.1) is 0 Å². The summed E-state index contributed by atoms with van der Waals surface area (Å²) >= 11 is 0. The molecule has 0 unspecified atom stereocenters. The number of benzene rings is 3. The van der Waals surface area contributed by atoms with Crippen LogP contribution in [0.1, 0.15) is 57.9 Å². The Morgan fingerprint density at radius 1 is 0.643 bits per heavy atom. The number of aryl methyl sites for hydroxylation is 4. The highest BCUT2D eigenvalue weighted by atomic mass is 14.2. The summed E-state index contributed by atoms with van der Waals surface area (Å²) in [6, 6.07) is 21.6. The molecule has 0 fully saturated rings. The predicted octanol–water partition coefficient (Wildman–Crippen LogP) is 7.69. The predicted molar refractivity (Wildman–Crippen MR) is 124 cm³/mol. The Morgan fingerprint density at radius 3 is 1.64 bits per heavy atom. The van der Waals surface area contributed by atoms with Crippen LogP contribution in [-0.4, -0.2) is 0 Å². The van der Waals surface area contributed by atoms with Crippen molar-refractivity contribution in [2.24, 2.45) is 0 Å². The zero-order chi connectivity index (χ0) is 20.3. The molecule has 3 aromatic carbocycles. The van der Waals surface area contributed by atoms with Crippen LogP contribution in [0.4, 0.5) is 0 Å². The van der Waals surface area contributed by atoms with Crippen molar-refractivity contribution in [1.29, 1.82) is 0 Å². The molecule has 0 bridgehead atoms. The molecule has 0 aliphatic carbocycles. The van der Waals surface area contributed by atoms with Gasteiger partial charge >= 0.3 is 0 Å². The molecule has 0 saturated carbocycles. The fraction of sp³-hybridized carbons (Fsp3) is 0.214. The molecule has 0 aromatic heterocycles. The van der Waals surface area contributed by atoms with E-state index in [0.717, 1.165) is 24.0 Å². The first-order valence-corrected chi connectivity index (χ1v) is 10.1. The fourth-order valence-corrected chi connectivity index (χ4v) is 3.95. The molecule has 0 heteroatoms. The molecule has 28 heavy (non-hydrogen) atoms. The summed E-state index contributed by atoms with van der Waals surface area (Å²) < 4.78 is 0. The smallest absolute Gasteiger partial charge is 0.0149 e. The van der Waals surface area contributed by atoms with Crippen molar-refractivity contribution in [2.75, 3.05) is 0 Å². The molecule has 0 atom stereocenters. The van der Waals surface area contributed by atoms with Crippen molar-refractivity contribution in [2.45, 2.75) is 40.5 Å². The SMILES string of the molecule is C=C(c1ccccc1C)c1cc(CCC)c(C(=C)c2ccccc2C)cc1C. The topological polar surface area (TPSA) is 0 Å². The lowest BCUT2D eigenvalue weighted by Crippen LogP contribution is -2.01. The van der Waals surface area contributed by atoms with Crippen LogP contribution in [0.3, 0.4) is 0 Å². The number of hydrogen-bond donors (Lipinski definition) is 0. The van der Waals surface area contributed by atoms with E-state index in [0.29, 0.717) is 0 Å². The van der Waals surface area contributed by atoms with Crippen LogP contribution in [0.2, 0.25) is 0 Å². The maximum atomic E-state index is 4.46. The lowest BCUT2D eigenvalue weighted by molar-refractivity contribution is 0.917. The summed E-state index contributed by atoms with van der Waals surface area (Å²) in [5.74, 6) is 0. The summed E-state index contributed by atoms with van der Waals surface area (Å²) in [7, 11) is 0. The third-order valence-corrected chi connectivity index (χ3v) is 5.56. The van der Waals surface area contributed by atoms with Crippen molar-refractivity contribution < 1.29 is 0 Å². The highest BCUT2D eigenvalue weighted by molar-refractivity contribution is 5.86. The number of rotatable bonds is 6. The minimum atomic E-state index is 1.04. The minimum Gasteiger partial charge on any atom is -0.0905 e. The van der Waals surface area contributed by atoms with E-state index >= 15 is 0 Å². The van der Waals surface area contributed by atoms with Crippen molar-refractivity contribution >= 4 is 11.1 Å². The minimum absolute atomic E-state index is 1.04. The molecule has 0 aliphatic rings. The molecule has 0 saturated heterocycles. The summed E-state index contributed by atoms with van der Waals surface area (Å²) in [6.45, 7) is 17.6. The van der Waals surface area contributed by atoms with Crippen LogP contribution in [0, 0.1) is 20.8 Å². The Labute approximate surface area is 170 Å². The van der Waals surface area contributed by atoms with Crippen LogP contribution in [0.15, 0.2) is 73.8 Å². The van der Waals surface area contributed by atoms with Gasteiger partial charge in [0.1, 0.15) is 0 Å². The maximum absolute atomic E-state index is 4.46. The van der Waals surface area contributed by atoms with Gasteiger partial charge in [-0.25, -0.2) is 0 Å². The lowest BCUT2D eigenvalue weighted by atomic mass is 9.85. The third-order valence-electron chi connectivity index (χ3n) is 5.56. The molecule has 0 aliphatic heterocycles. The van der Waals surface area contributed by atoms with Crippen LogP contribution in [-0.2, 0) is 6.42 Å². The van der Waals surface area contributed by atoms with E-state index in [4.69, 9.17) is 0 Å². The molecule has 0 heterocycles. The first-order chi connectivity index (χ1) is 13.4. The molecule has 0 N–H and O–H groups in total. The molecule has 3 rings (SSSR count). The summed E-state index contributed by atoms with van der Waals surface area (Å²) in [6.07, 6.45) is 2.14. The van der Waals surface area contributed by atoms with E-state index in [1.165, 1.54) is 44.5 Å². The van der Waals surface area contributed by atoms with Crippen LogP contribution in [0.5, 0.6) is 0 Å². The second-order valence-corrected chi connectivity index (χ2v) is 7.66. The first kappa shape index (κ1) is 19.9. The van der Waals surface area contributed by atoms with Gasteiger partial charge in [-0.1, -0.05) is 87.2 Å². The Morgan fingerprint density at radius 2 is 1.14 bits per heavy atom. The average Bonchev–Trinajstić information content (AvgIpc) is 2.69. The second-order valence-electron chi connectivity index (χ2n) is 7.66. The Kier molecular flexibility index (Phi) is 5.99.